The summed E-state index contributed by atoms with van der Waals surface area (Å²) < 4.78 is 41.4. The SMILES string of the molecule is CCCCCN(Cc1cccn1Cc1cccc(C(F)(F)F)c1)C(=O)CN(CC)C(=O)c1ccc(C)c([N+](=O)[O-])c1. The summed E-state index contributed by atoms with van der Waals surface area (Å²) in [6.45, 7) is 6.25. The van der Waals surface area contributed by atoms with E-state index in [9.17, 15) is 32.9 Å². The molecule has 0 aliphatic carbocycles. The molecule has 0 spiro atoms. The van der Waals surface area contributed by atoms with Crippen molar-refractivity contribution in [2.24, 2.45) is 0 Å². The minimum absolute atomic E-state index is 0.129. The number of benzene rings is 2. The Balaban J connectivity index is 1.79. The first kappa shape index (κ1) is 31.4. The molecule has 220 valence electrons. The summed E-state index contributed by atoms with van der Waals surface area (Å²) in [5.74, 6) is -0.768. The molecular formula is C30H35F3N4O4. The molecule has 0 bridgehead atoms. The van der Waals surface area contributed by atoms with Crippen LogP contribution >= 0.6 is 0 Å². The van der Waals surface area contributed by atoms with Gasteiger partial charge in [0.15, 0.2) is 0 Å². The van der Waals surface area contributed by atoms with E-state index in [2.05, 4.69) is 0 Å². The van der Waals surface area contributed by atoms with Crippen molar-refractivity contribution in [2.45, 2.75) is 59.3 Å². The summed E-state index contributed by atoms with van der Waals surface area (Å²) in [5.41, 5.74) is 0.904. The van der Waals surface area contributed by atoms with E-state index in [0.29, 0.717) is 17.7 Å². The highest BCUT2D eigenvalue weighted by Gasteiger charge is 2.30. The van der Waals surface area contributed by atoms with Crippen molar-refractivity contribution in [3.63, 3.8) is 0 Å². The van der Waals surface area contributed by atoms with Crippen LogP contribution in [0.2, 0.25) is 0 Å². The van der Waals surface area contributed by atoms with Gasteiger partial charge in [0, 0.05) is 48.7 Å². The number of nitro groups is 1. The molecule has 8 nitrogen and oxygen atoms in total. The molecule has 3 rings (SSSR count). The smallest absolute Gasteiger partial charge is 0.345 e. The van der Waals surface area contributed by atoms with E-state index < -0.39 is 22.6 Å². The third-order valence-corrected chi connectivity index (χ3v) is 6.92. The Bertz CT molecular complexity index is 1370. The van der Waals surface area contributed by atoms with Crippen LogP contribution in [0.5, 0.6) is 0 Å². The number of carbonyl (C=O) groups is 2. The lowest BCUT2D eigenvalue weighted by molar-refractivity contribution is -0.385. The van der Waals surface area contributed by atoms with Gasteiger partial charge in [-0.1, -0.05) is 38.0 Å². The highest BCUT2D eigenvalue weighted by atomic mass is 19.4. The second-order valence-corrected chi connectivity index (χ2v) is 9.93. The molecule has 2 amide bonds. The Hall–Kier alpha value is -4.15. The van der Waals surface area contributed by atoms with Crippen molar-refractivity contribution in [2.75, 3.05) is 19.6 Å². The van der Waals surface area contributed by atoms with Crippen molar-refractivity contribution >= 4 is 17.5 Å². The lowest BCUT2D eigenvalue weighted by Gasteiger charge is -2.28. The zero-order valence-electron chi connectivity index (χ0n) is 23.5. The average molecular weight is 573 g/mol. The molecule has 11 heteroatoms. The lowest BCUT2D eigenvalue weighted by atomic mass is 10.1. The van der Waals surface area contributed by atoms with Crippen molar-refractivity contribution in [3.8, 4) is 0 Å². The Morgan fingerprint density at radius 1 is 1.00 bits per heavy atom. The number of rotatable bonds is 13. The monoisotopic (exact) mass is 572 g/mol. The van der Waals surface area contributed by atoms with Crippen molar-refractivity contribution in [1.82, 2.24) is 14.4 Å². The quantitative estimate of drug-likeness (QED) is 0.134. The van der Waals surface area contributed by atoms with Crippen LogP contribution in [0.3, 0.4) is 0 Å². The molecule has 2 aromatic carbocycles. The molecule has 0 radical (unpaired) electrons. The van der Waals surface area contributed by atoms with E-state index in [1.165, 1.54) is 29.2 Å². The summed E-state index contributed by atoms with van der Waals surface area (Å²) in [7, 11) is 0. The Kier molecular flexibility index (Phi) is 10.7. The number of halogens is 3. The summed E-state index contributed by atoms with van der Waals surface area (Å²) in [4.78, 5) is 40.5. The summed E-state index contributed by atoms with van der Waals surface area (Å²) in [5, 5.41) is 11.4. The Morgan fingerprint density at radius 3 is 2.41 bits per heavy atom. The first-order valence-electron chi connectivity index (χ1n) is 13.6. The molecule has 3 aromatic rings. The maximum Gasteiger partial charge on any atom is 0.416 e. The third-order valence-electron chi connectivity index (χ3n) is 6.92. The molecule has 0 saturated carbocycles. The largest absolute Gasteiger partial charge is 0.416 e. The number of amides is 2. The number of unbranched alkanes of at least 4 members (excludes halogenated alkanes) is 2. The predicted molar refractivity (Wildman–Crippen MR) is 149 cm³/mol. The maximum absolute atomic E-state index is 13.5. The van der Waals surface area contributed by atoms with Gasteiger partial charge in [-0.15, -0.1) is 0 Å². The second kappa shape index (κ2) is 14.0. The third kappa shape index (κ3) is 8.42. The van der Waals surface area contributed by atoms with Crippen LogP contribution in [0, 0.1) is 17.0 Å². The van der Waals surface area contributed by atoms with E-state index in [1.807, 2.05) is 17.6 Å². The van der Waals surface area contributed by atoms with Gasteiger partial charge in [-0.25, -0.2) is 0 Å². The summed E-state index contributed by atoms with van der Waals surface area (Å²) >= 11 is 0. The van der Waals surface area contributed by atoms with Crippen LogP contribution in [0.4, 0.5) is 18.9 Å². The number of nitro benzene ring substituents is 1. The zero-order chi connectivity index (χ0) is 30.2. The van der Waals surface area contributed by atoms with Gasteiger partial charge in [0.1, 0.15) is 6.54 Å². The Labute approximate surface area is 237 Å². The minimum atomic E-state index is -4.44. The number of hydrogen-bond acceptors (Lipinski definition) is 4. The molecule has 41 heavy (non-hydrogen) atoms. The van der Waals surface area contributed by atoms with Crippen LogP contribution in [-0.2, 0) is 24.1 Å². The van der Waals surface area contributed by atoms with Gasteiger partial charge in [0.05, 0.1) is 17.0 Å². The number of aromatic nitrogens is 1. The van der Waals surface area contributed by atoms with E-state index in [4.69, 9.17) is 0 Å². The molecule has 0 atom stereocenters. The van der Waals surface area contributed by atoms with E-state index in [1.54, 1.807) is 37.1 Å². The van der Waals surface area contributed by atoms with Crippen LogP contribution in [-0.4, -0.2) is 50.7 Å². The number of aryl methyl sites for hydroxylation is 1. The van der Waals surface area contributed by atoms with Gasteiger partial charge >= 0.3 is 6.18 Å². The summed E-state index contributed by atoms with van der Waals surface area (Å²) in [6, 6.07) is 13.0. The summed E-state index contributed by atoms with van der Waals surface area (Å²) in [6.07, 6.45) is -0.0837. The first-order valence-corrected chi connectivity index (χ1v) is 13.6. The van der Waals surface area contributed by atoms with Crippen molar-refractivity contribution < 1.29 is 27.7 Å². The molecule has 1 aromatic heterocycles. The van der Waals surface area contributed by atoms with Crippen LogP contribution in [0.15, 0.2) is 60.8 Å². The molecule has 0 fully saturated rings. The van der Waals surface area contributed by atoms with Gasteiger partial charge in [0.2, 0.25) is 5.91 Å². The first-order chi connectivity index (χ1) is 19.4. The van der Waals surface area contributed by atoms with Gasteiger partial charge < -0.3 is 14.4 Å². The highest BCUT2D eigenvalue weighted by molar-refractivity contribution is 5.97. The van der Waals surface area contributed by atoms with E-state index in [0.717, 1.165) is 37.1 Å². The zero-order valence-corrected chi connectivity index (χ0v) is 23.5. The van der Waals surface area contributed by atoms with Gasteiger partial charge in [-0.3, -0.25) is 19.7 Å². The topological polar surface area (TPSA) is 88.7 Å². The van der Waals surface area contributed by atoms with Crippen LogP contribution in [0.25, 0.3) is 0 Å². The number of nitrogens with zero attached hydrogens (tertiary/aromatic N) is 4. The fourth-order valence-electron chi connectivity index (χ4n) is 4.54. The molecule has 0 N–H and O–H groups in total. The predicted octanol–water partition coefficient (Wildman–Crippen LogP) is 6.45. The number of alkyl halides is 3. The van der Waals surface area contributed by atoms with E-state index in [-0.39, 0.29) is 43.3 Å². The Morgan fingerprint density at radius 2 is 1.76 bits per heavy atom. The standard InChI is InChI=1S/C30H35F3N4O4/c1-4-6-7-15-36(20-26-12-9-16-35(26)19-23-10-8-11-25(17-23)30(31,32)33)28(38)21-34(5-2)29(39)24-14-13-22(3)27(18-24)37(40)41/h8-14,16-18H,4-7,15,19-21H2,1-3H3. The van der Waals surface area contributed by atoms with Crippen molar-refractivity contribution in [3.05, 3.63) is 98.9 Å². The molecule has 0 unspecified atom stereocenters. The fraction of sp³-hybridized carbons (Fsp3) is 0.400. The molecule has 0 aliphatic rings. The van der Waals surface area contributed by atoms with Crippen molar-refractivity contribution in [1.29, 1.82) is 0 Å². The second-order valence-electron chi connectivity index (χ2n) is 9.93. The molecule has 0 saturated heterocycles. The van der Waals surface area contributed by atoms with Crippen LogP contribution in [0.1, 0.15) is 65.9 Å². The van der Waals surface area contributed by atoms with Gasteiger partial charge in [-0.2, -0.15) is 13.2 Å². The number of hydrogen-bond donors (Lipinski definition) is 0. The average Bonchev–Trinajstić information content (AvgIpc) is 3.36. The lowest BCUT2D eigenvalue weighted by Crippen LogP contribution is -2.43. The number of likely N-dealkylation sites (N-methyl/N-ethyl adjacent to an activating group) is 1. The van der Waals surface area contributed by atoms with Gasteiger partial charge in [-0.05, 0) is 56.2 Å². The molecule has 0 aliphatic heterocycles. The molecular weight excluding hydrogens is 537 g/mol. The minimum Gasteiger partial charge on any atom is -0.345 e. The maximum atomic E-state index is 13.5. The molecule has 1 heterocycles. The fourth-order valence-corrected chi connectivity index (χ4v) is 4.54. The van der Waals surface area contributed by atoms with Gasteiger partial charge in [0.25, 0.3) is 11.6 Å². The van der Waals surface area contributed by atoms with E-state index >= 15 is 0 Å². The number of carbonyl (C=O) groups excluding carboxylic acids is 2. The highest BCUT2D eigenvalue weighted by Crippen LogP contribution is 2.30. The normalized spacial score (nSPS) is 11.4. The van der Waals surface area contributed by atoms with Crippen LogP contribution < -0.4 is 0 Å².